The molecule has 1 fully saturated rings. The topological polar surface area (TPSA) is 151 Å². The zero-order valence-electron chi connectivity index (χ0n) is 25.9. The second kappa shape index (κ2) is 14.7. The number of benzene rings is 3. The largest absolute Gasteiger partial charge is 0.490 e. The number of aliphatic carboxylic acids is 1. The third-order valence-corrected chi connectivity index (χ3v) is 10.7. The molecule has 0 bridgehead atoms. The van der Waals surface area contributed by atoms with E-state index in [0.29, 0.717) is 24.5 Å². The van der Waals surface area contributed by atoms with Gasteiger partial charge >= 0.3 is 18.1 Å². The van der Waals surface area contributed by atoms with Gasteiger partial charge in [0.25, 0.3) is 0 Å². The summed E-state index contributed by atoms with van der Waals surface area (Å²) in [5, 5.41) is 23.7. The minimum Gasteiger partial charge on any atom is -0.478 e. The quantitative estimate of drug-likeness (QED) is 0.167. The molecule has 0 amide bonds. The number of carboxylic acids is 2. The van der Waals surface area contributed by atoms with Crippen LogP contribution in [0.25, 0.3) is 33.6 Å². The number of nitrogens with zero attached hydrogens (tertiary/aromatic N) is 3. The standard InChI is InChI=1S/C32H29N3O5S2.C2HF3O2/c1-21-29(30(34-40-21)27-9-5-8-26(18-27)23-10-12-25(13-11-23)32(36)37)28-19-41-31(33-28)24-14-16-35(17-15-24)42(38,39)20-22-6-3-2-4-7-22;3-2(4,5)1(6)7/h2-13,18-19,24H,14-17,20H2,1H3,(H,36,37);(H,6,7). The summed E-state index contributed by atoms with van der Waals surface area (Å²) in [5.74, 6) is -2.84. The summed E-state index contributed by atoms with van der Waals surface area (Å²) in [5.41, 5.74) is 6.05. The van der Waals surface area contributed by atoms with Crippen LogP contribution in [0.4, 0.5) is 13.2 Å². The van der Waals surface area contributed by atoms with E-state index in [0.717, 1.165) is 51.4 Å². The number of hydrogen-bond donors (Lipinski definition) is 2. The van der Waals surface area contributed by atoms with E-state index in [-0.39, 0.29) is 17.2 Å². The first-order chi connectivity index (χ1) is 23.2. The Balaban J connectivity index is 0.000000606. The first kappa shape index (κ1) is 35.4. The van der Waals surface area contributed by atoms with Crippen molar-refractivity contribution in [3.05, 3.63) is 106 Å². The number of halogens is 3. The highest BCUT2D eigenvalue weighted by atomic mass is 32.2. The smallest absolute Gasteiger partial charge is 0.478 e. The number of aromatic carboxylic acids is 1. The van der Waals surface area contributed by atoms with Crippen LogP contribution in [0.3, 0.4) is 0 Å². The van der Waals surface area contributed by atoms with Gasteiger partial charge in [-0.15, -0.1) is 11.3 Å². The van der Waals surface area contributed by atoms with Crippen LogP contribution in [0, 0.1) is 6.92 Å². The Morgan fingerprint density at radius 3 is 2.18 bits per heavy atom. The van der Waals surface area contributed by atoms with Crippen molar-refractivity contribution in [1.29, 1.82) is 0 Å². The number of carbonyl (C=O) groups is 2. The molecule has 0 unspecified atom stereocenters. The lowest BCUT2D eigenvalue weighted by molar-refractivity contribution is -0.192. The van der Waals surface area contributed by atoms with E-state index in [1.807, 2.05) is 66.9 Å². The highest BCUT2D eigenvalue weighted by Gasteiger charge is 2.38. The van der Waals surface area contributed by atoms with Crippen LogP contribution in [-0.2, 0) is 20.6 Å². The summed E-state index contributed by atoms with van der Waals surface area (Å²) in [6.45, 7) is 2.83. The van der Waals surface area contributed by atoms with Crippen LogP contribution >= 0.6 is 11.3 Å². The van der Waals surface area contributed by atoms with Gasteiger partial charge in [0, 0.05) is 30.0 Å². The summed E-state index contributed by atoms with van der Waals surface area (Å²) in [6, 6.07) is 24.0. The molecule has 3 heterocycles. The molecule has 6 rings (SSSR count). The minimum atomic E-state index is -5.08. The van der Waals surface area contributed by atoms with Gasteiger partial charge in [0.15, 0.2) is 0 Å². The molecule has 15 heteroatoms. The number of piperidine rings is 1. The van der Waals surface area contributed by atoms with E-state index in [1.165, 1.54) is 0 Å². The Hall–Kier alpha value is -4.86. The maximum Gasteiger partial charge on any atom is 0.490 e. The van der Waals surface area contributed by atoms with Crippen LogP contribution in [-0.4, -0.2) is 64.3 Å². The molecule has 0 saturated carbocycles. The Morgan fingerprint density at radius 1 is 0.939 bits per heavy atom. The zero-order chi connectivity index (χ0) is 35.3. The molecule has 0 spiro atoms. The molecule has 0 atom stereocenters. The van der Waals surface area contributed by atoms with Crippen LogP contribution in [0.15, 0.2) is 88.8 Å². The predicted octanol–water partition coefficient (Wildman–Crippen LogP) is 7.48. The summed E-state index contributed by atoms with van der Waals surface area (Å²) in [6.07, 6.45) is -3.64. The second-order valence-corrected chi connectivity index (χ2v) is 14.1. The van der Waals surface area contributed by atoms with Gasteiger partial charge in [-0.25, -0.2) is 27.3 Å². The molecule has 1 aliphatic heterocycles. The van der Waals surface area contributed by atoms with Crippen molar-refractivity contribution in [2.24, 2.45) is 0 Å². The number of thiazole rings is 1. The second-order valence-electron chi connectivity index (χ2n) is 11.2. The van der Waals surface area contributed by atoms with Gasteiger partial charge in [0.05, 0.1) is 27.6 Å². The van der Waals surface area contributed by atoms with E-state index in [4.69, 9.17) is 19.4 Å². The number of rotatable bonds is 8. The highest BCUT2D eigenvalue weighted by Crippen LogP contribution is 2.39. The fourth-order valence-electron chi connectivity index (χ4n) is 5.37. The molecule has 0 aliphatic carbocycles. The lowest BCUT2D eigenvalue weighted by Crippen LogP contribution is -2.38. The van der Waals surface area contributed by atoms with Crippen LogP contribution in [0.1, 0.15) is 45.4 Å². The van der Waals surface area contributed by atoms with Gasteiger partial charge in [0.1, 0.15) is 11.5 Å². The van der Waals surface area contributed by atoms with E-state index >= 15 is 0 Å². The van der Waals surface area contributed by atoms with Gasteiger partial charge in [-0.3, -0.25) is 0 Å². The van der Waals surface area contributed by atoms with Gasteiger partial charge in [-0.2, -0.15) is 13.2 Å². The SMILES string of the molecule is Cc1onc(-c2cccc(-c3ccc(C(=O)O)cc3)c2)c1-c1csc(C2CCN(S(=O)(=O)Cc3ccccc3)CC2)n1.O=C(O)C(F)(F)F. The molecule has 256 valence electrons. The first-order valence-electron chi connectivity index (χ1n) is 14.9. The monoisotopic (exact) mass is 713 g/mol. The summed E-state index contributed by atoms with van der Waals surface area (Å²) in [7, 11) is -3.37. The first-order valence-corrected chi connectivity index (χ1v) is 17.4. The van der Waals surface area contributed by atoms with Crippen molar-refractivity contribution in [2.75, 3.05) is 13.1 Å². The third kappa shape index (κ3) is 8.60. The van der Waals surface area contributed by atoms with Crippen molar-refractivity contribution in [1.82, 2.24) is 14.4 Å². The summed E-state index contributed by atoms with van der Waals surface area (Å²) >= 11 is 1.59. The maximum absolute atomic E-state index is 13.0. The van der Waals surface area contributed by atoms with Gasteiger partial charge < -0.3 is 14.7 Å². The summed E-state index contributed by atoms with van der Waals surface area (Å²) < 4.78 is 65.0. The number of carboxylic acid groups (broad SMARTS) is 2. The average molecular weight is 714 g/mol. The van der Waals surface area contributed by atoms with E-state index in [2.05, 4.69) is 5.16 Å². The number of aryl methyl sites for hydroxylation is 1. The maximum atomic E-state index is 13.0. The summed E-state index contributed by atoms with van der Waals surface area (Å²) in [4.78, 5) is 25.1. The zero-order valence-corrected chi connectivity index (χ0v) is 27.6. The Kier molecular flexibility index (Phi) is 10.6. The molecule has 49 heavy (non-hydrogen) atoms. The lowest BCUT2D eigenvalue weighted by Gasteiger charge is -2.30. The van der Waals surface area contributed by atoms with Gasteiger partial charge in [-0.1, -0.05) is 65.8 Å². The van der Waals surface area contributed by atoms with Gasteiger partial charge in [0.2, 0.25) is 10.0 Å². The number of alkyl halides is 3. The van der Waals surface area contributed by atoms with Crippen molar-refractivity contribution in [3.8, 4) is 33.6 Å². The van der Waals surface area contributed by atoms with Crippen molar-refractivity contribution < 1.29 is 45.9 Å². The Morgan fingerprint density at radius 2 is 1.57 bits per heavy atom. The molecule has 2 aromatic heterocycles. The molecule has 2 N–H and O–H groups in total. The molecule has 10 nitrogen and oxygen atoms in total. The molecular formula is C34H30F3N3O7S2. The predicted molar refractivity (Wildman–Crippen MR) is 176 cm³/mol. The van der Waals surface area contributed by atoms with Crippen LogP contribution < -0.4 is 0 Å². The number of sulfonamides is 1. The highest BCUT2D eigenvalue weighted by molar-refractivity contribution is 7.88. The Labute approximate surface area is 283 Å². The molecule has 1 saturated heterocycles. The normalized spacial score (nSPS) is 14.2. The van der Waals surface area contributed by atoms with E-state index in [1.54, 1.807) is 39.9 Å². The average Bonchev–Trinajstić information content (AvgIpc) is 3.72. The number of hydrogen-bond acceptors (Lipinski definition) is 8. The fourth-order valence-corrected chi connectivity index (χ4v) is 7.91. The van der Waals surface area contributed by atoms with Gasteiger partial charge in [-0.05, 0) is 54.7 Å². The van der Waals surface area contributed by atoms with Crippen LogP contribution in [0.5, 0.6) is 0 Å². The van der Waals surface area contributed by atoms with E-state index < -0.39 is 28.1 Å². The van der Waals surface area contributed by atoms with Crippen molar-refractivity contribution in [3.63, 3.8) is 0 Å². The molecular weight excluding hydrogens is 684 g/mol. The molecule has 0 radical (unpaired) electrons. The third-order valence-electron chi connectivity index (χ3n) is 7.87. The van der Waals surface area contributed by atoms with Crippen LogP contribution in [0.2, 0.25) is 0 Å². The fraction of sp³-hybridized carbons (Fsp3) is 0.235. The Bertz CT molecular complexity index is 2040. The molecule has 3 aromatic carbocycles. The lowest BCUT2D eigenvalue weighted by atomic mass is 9.98. The van der Waals surface area contributed by atoms with Crippen molar-refractivity contribution >= 4 is 33.3 Å². The molecule has 5 aromatic rings. The molecule has 1 aliphatic rings. The minimum absolute atomic E-state index is 0.0181. The van der Waals surface area contributed by atoms with E-state index in [9.17, 15) is 31.5 Å². The van der Waals surface area contributed by atoms with Crippen molar-refractivity contribution in [2.45, 2.75) is 37.6 Å². The number of aromatic nitrogens is 2.